The van der Waals surface area contributed by atoms with E-state index in [1.165, 1.54) is 0 Å². The van der Waals surface area contributed by atoms with E-state index in [1.807, 2.05) is 26.0 Å². The highest BCUT2D eigenvalue weighted by Crippen LogP contribution is 2.13. The number of furan rings is 1. The second-order valence-corrected chi connectivity index (χ2v) is 4.15. The Morgan fingerprint density at radius 3 is 2.89 bits per heavy atom. The van der Waals surface area contributed by atoms with E-state index in [1.54, 1.807) is 6.26 Å². The van der Waals surface area contributed by atoms with Gasteiger partial charge in [0.25, 0.3) is 0 Å². The summed E-state index contributed by atoms with van der Waals surface area (Å²) in [6.45, 7) is 4.23. The van der Waals surface area contributed by atoms with Crippen LogP contribution in [0.25, 0.3) is 0 Å². The first-order chi connectivity index (χ1) is 8.63. The summed E-state index contributed by atoms with van der Waals surface area (Å²) >= 11 is 5.79. The topological polar surface area (TPSA) is 73.1 Å². The van der Waals surface area contributed by atoms with Crippen molar-refractivity contribution >= 4 is 17.5 Å². The number of halogens is 1. The third kappa shape index (κ3) is 3.59. The molecule has 2 rings (SSSR count). The Labute approximate surface area is 109 Å². The maximum atomic E-state index is 5.79. The van der Waals surface area contributed by atoms with Gasteiger partial charge in [-0.25, -0.2) is 0 Å². The first-order valence-corrected chi connectivity index (χ1v) is 5.86. The molecule has 0 aliphatic carbocycles. The highest BCUT2D eigenvalue weighted by molar-refractivity contribution is 6.28. The van der Waals surface area contributed by atoms with Crippen LogP contribution in [0.3, 0.4) is 0 Å². The van der Waals surface area contributed by atoms with E-state index in [9.17, 15) is 0 Å². The van der Waals surface area contributed by atoms with Crippen LogP contribution in [0.5, 0.6) is 6.01 Å². The smallest absolute Gasteiger partial charge is 0.322 e. The Bertz CT molecular complexity index is 502. The third-order valence-corrected chi connectivity index (χ3v) is 2.10. The van der Waals surface area contributed by atoms with Crippen LogP contribution in [0.1, 0.15) is 19.6 Å². The number of hydrogen-bond acceptors (Lipinski definition) is 6. The molecule has 1 N–H and O–H groups in total. The summed E-state index contributed by atoms with van der Waals surface area (Å²) < 4.78 is 10.5. The number of aromatic nitrogens is 3. The summed E-state index contributed by atoms with van der Waals surface area (Å²) in [5.41, 5.74) is 0. The summed E-state index contributed by atoms with van der Waals surface area (Å²) in [6, 6.07) is 3.86. The Balaban J connectivity index is 2.05. The first-order valence-electron chi connectivity index (χ1n) is 5.48. The van der Waals surface area contributed by atoms with Crippen molar-refractivity contribution in [2.45, 2.75) is 26.5 Å². The van der Waals surface area contributed by atoms with Crippen molar-refractivity contribution in [1.29, 1.82) is 0 Å². The summed E-state index contributed by atoms with van der Waals surface area (Å²) in [5, 5.41) is 3.07. The van der Waals surface area contributed by atoms with Crippen LogP contribution in [-0.2, 0) is 6.54 Å². The molecule has 0 aromatic carbocycles. The highest BCUT2D eigenvalue weighted by Gasteiger charge is 2.07. The van der Waals surface area contributed by atoms with Crippen LogP contribution < -0.4 is 10.1 Å². The van der Waals surface area contributed by atoms with Gasteiger partial charge in [0.15, 0.2) is 0 Å². The average Bonchev–Trinajstić information content (AvgIpc) is 2.77. The average molecular weight is 269 g/mol. The van der Waals surface area contributed by atoms with E-state index in [0.29, 0.717) is 12.5 Å². The van der Waals surface area contributed by atoms with Gasteiger partial charge in [0.05, 0.1) is 18.9 Å². The van der Waals surface area contributed by atoms with Gasteiger partial charge in [0.2, 0.25) is 11.2 Å². The van der Waals surface area contributed by atoms with Crippen molar-refractivity contribution in [3.05, 3.63) is 29.4 Å². The summed E-state index contributed by atoms with van der Waals surface area (Å²) in [7, 11) is 0. The fraction of sp³-hybridized carbons (Fsp3) is 0.364. The Hall–Kier alpha value is -1.82. The molecule has 0 fully saturated rings. The van der Waals surface area contributed by atoms with E-state index in [2.05, 4.69) is 20.3 Å². The molecule has 0 radical (unpaired) electrons. The molecule has 7 heteroatoms. The molecule has 0 aliphatic rings. The normalized spacial score (nSPS) is 10.7. The summed E-state index contributed by atoms with van der Waals surface area (Å²) in [4.78, 5) is 11.9. The zero-order valence-electron chi connectivity index (χ0n) is 10.1. The van der Waals surface area contributed by atoms with E-state index in [-0.39, 0.29) is 17.4 Å². The maximum absolute atomic E-state index is 5.79. The quantitative estimate of drug-likeness (QED) is 0.898. The molecule has 2 aromatic heterocycles. The van der Waals surface area contributed by atoms with Gasteiger partial charge in [-0.05, 0) is 37.6 Å². The molecule has 0 aliphatic heterocycles. The standard InChI is InChI=1S/C11H13ClN4O2/c1-7(2)18-11-15-9(12)14-10(16-11)13-6-8-4-3-5-17-8/h3-5,7H,6H2,1-2H3,(H,13,14,15,16). The molecule has 0 atom stereocenters. The van der Waals surface area contributed by atoms with Gasteiger partial charge < -0.3 is 14.5 Å². The number of nitrogens with zero attached hydrogens (tertiary/aromatic N) is 3. The molecule has 18 heavy (non-hydrogen) atoms. The van der Waals surface area contributed by atoms with E-state index in [0.717, 1.165) is 5.76 Å². The van der Waals surface area contributed by atoms with Gasteiger partial charge >= 0.3 is 6.01 Å². The Kier molecular flexibility index (Phi) is 3.99. The third-order valence-electron chi connectivity index (χ3n) is 1.93. The number of nitrogens with one attached hydrogen (secondary N) is 1. The minimum atomic E-state index is -0.0265. The lowest BCUT2D eigenvalue weighted by atomic mass is 10.4. The minimum Gasteiger partial charge on any atom is -0.467 e. The molecule has 0 unspecified atom stereocenters. The van der Waals surface area contributed by atoms with Crippen molar-refractivity contribution in [3.8, 4) is 6.01 Å². The van der Waals surface area contributed by atoms with Gasteiger partial charge in [-0.1, -0.05) is 0 Å². The molecule has 0 bridgehead atoms. The lowest BCUT2D eigenvalue weighted by molar-refractivity contribution is 0.222. The second-order valence-electron chi connectivity index (χ2n) is 3.81. The van der Waals surface area contributed by atoms with Crippen LogP contribution in [0, 0.1) is 0 Å². The van der Waals surface area contributed by atoms with E-state index < -0.39 is 0 Å². The Morgan fingerprint density at radius 1 is 1.39 bits per heavy atom. The number of hydrogen-bond donors (Lipinski definition) is 1. The number of rotatable bonds is 5. The lowest BCUT2D eigenvalue weighted by Crippen LogP contribution is -2.11. The number of ether oxygens (including phenoxy) is 1. The maximum Gasteiger partial charge on any atom is 0.322 e. The molecular weight excluding hydrogens is 256 g/mol. The van der Waals surface area contributed by atoms with Gasteiger partial charge in [-0.15, -0.1) is 0 Å². The molecule has 0 amide bonds. The van der Waals surface area contributed by atoms with Crippen molar-refractivity contribution in [2.24, 2.45) is 0 Å². The van der Waals surface area contributed by atoms with E-state index >= 15 is 0 Å². The minimum absolute atomic E-state index is 0.0265. The van der Waals surface area contributed by atoms with Crippen molar-refractivity contribution in [3.63, 3.8) is 0 Å². The van der Waals surface area contributed by atoms with Crippen molar-refractivity contribution < 1.29 is 9.15 Å². The van der Waals surface area contributed by atoms with Gasteiger partial charge in [-0.2, -0.15) is 15.0 Å². The summed E-state index contributed by atoms with van der Waals surface area (Å²) in [5.74, 6) is 1.12. The van der Waals surface area contributed by atoms with Crippen LogP contribution in [-0.4, -0.2) is 21.1 Å². The molecule has 0 saturated heterocycles. The fourth-order valence-corrected chi connectivity index (χ4v) is 1.41. The molecule has 0 spiro atoms. The predicted molar refractivity (Wildman–Crippen MR) is 66.6 cm³/mol. The number of anilines is 1. The molecule has 2 heterocycles. The monoisotopic (exact) mass is 268 g/mol. The zero-order chi connectivity index (χ0) is 13.0. The van der Waals surface area contributed by atoms with E-state index in [4.69, 9.17) is 20.8 Å². The van der Waals surface area contributed by atoms with Crippen LogP contribution >= 0.6 is 11.6 Å². The van der Waals surface area contributed by atoms with Gasteiger partial charge in [0, 0.05) is 0 Å². The van der Waals surface area contributed by atoms with Crippen molar-refractivity contribution in [1.82, 2.24) is 15.0 Å². The molecule has 6 nitrogen and oxygen atoms in total. The zero-order valence-corrected chi connectivity index (χ0v) is 10.8. The van der Waals surface area contributed by atoms with Crippen LogP contribution in [0.15, 0.2) is 22.8 Å². The molecule has 0 saturated carbocycles. The van der Waals surface area contributed by atoms with Crippen LogP contribution in [0.4, 0.5) is 5.95 Å². The highest BCUT2D eigenvalue weighted by atomic mass is 35.5. The summed E-state index contributed by atoms with van der Waals surface area (Å²) in [6.07, 6.45) is 1.58. The molecule has 2 aromatic rings. The van der Waals surface area contributed by atoms with Gasteiger partial charge in [0.1, 0.15) is 5.76 Å². The van der Waals surface area contributed by atoms with Gasteiger partial charge in [-0.3, -0.25) is 0 Å². The molecular formula is C11H13ClN4O2. The first kappa shape index (κ1) is 12.6. The predicted octanol–water partition coefficient (Wildman–Crippen LogP) is 2.52. The van der Waals surface area contributed by atoms with Crippen molar-refractivity contribution in [2.75, 3.05) is 5.32 Å². The van der Waals surface area contributed by atoms with Crippen LogP contribution in [0.2, 0.25) is 5.28 Å². The molecule has 96 valence electrons. The SMILES string of the molecule is CC(C)Oc1nc(Cl)nc(NCc2ccco2)n1. The fourth-order valence-electron chi connectivity index (χ4n) is 1.25. The lowest BCUT2D eigenvalue weighted by Gasteiger charge is -2.09. The largest absolute Gasteiger partial charge is 0.467 e. The second kappa shape index (κ2) is 5.68. The Morgan fingerprint density at radius 2 is 2.22 bits per heavy atom.